The van der Waals surface area contributed by atoms with Crippen molar-refractivity contribution in [2.75, 3.05) is 0 Å². The van der Waals surface area contributed by atoms with Crippen molar-refractivity contribution >= 4 is 11.4 Å². The minimum absolute atomic E-state index is 0.0529. The van der Waals surface area contributed by atoms with Gasteiger partial charge in [-0.2, -0.15) is 5.26 Å². The maximum atomic E-state index is 13.3. The van der Waals surface area contributed by atoms with Gasteiger partial charge in [-0.15, -0.1) is 0 Å². The van der Waals surface area contributed by atoms with Crippen molar-refractivity contribution in [1.82, 2.24) is 9.97 Å². The smallest absolute Gasteiger partial charge is 0.160 e. The number of aromatic hydroxyl groups is 1. The zero-order chi connectivity index (χ0) is 17.8. The lowest BCUT2D eigenvalue weighted by atomic mass is 10.1. The van der Waals surface area contributed by atoms with Gasteiger partial charge in [0.05, 0.1) is 11.3 Å². The Hall–Kier alpha value is -3.66. The molecule has 0 saturated carbocycles. The molecule has 3 aromatic rings. The molecule has 0 bridgehead atoms. The summed E-state index contributed by atoms with van der Waals surface area (Å²) in [6.45, 7) is 0. The van der Waals surface area contributed by atoms with Crippen LogP contribution < -0.4 is 0 Å². The Morgan fingerprint density at radius 2 is 1.80 bits per heavy atom. The predicted octanol–water partition coefficient (Wildman–Crippen LogP) is 3.77. The summed E-state index contributed by atoms with van der Waals surface area (Å²) in [6, 6.07) is 9.61. The zero-order valence-electron chi connectivity index (χ0n) is 12.7. The lowest BCUT2D eigenvalue weighted by Crippen LogP contribution is -2.00. The number of hydrogen-bond acceptors (Lipinski definition) is 5. The lowest BCUT2D eigenvalue weighted by molar-refractivity contribution is 0.474. The molecule has 3 rings (SSSR count). The van der Waals surface area contributed by atoms with Gasteiger partial charge in [0.1, 0.15) is 11.8 Å². The van der Waals surface area contributed by atoms with E-state index in [1.807, 2.05) is 6.07 Å². The van der Waals surface area contributed by atoms with E-state index in [0.29, 0.717) is 5.56 Å². The fraction of sp³-hybridized carbons (Fsp3) is 0. The first-order chi connectivity index (χ1) is 12.1. The second-order valence-electron chi connectivity index (χ2n) is 4.96. The molecule has 1 aromatic carbocycles. The van der Waals surface area contributed by atoms with E-state index in [4.69, 9.17) is 0 Å². The molecular formula is C18H10F2N4O. The van der Waals surface area contributed by atoms with Crippen LogP contribution in [0.3, 0.4) is 0 Å². The van der Waals surface area contributed by atoms with Crippen LogP contribution in [0.15, 0.2) is 60.0 Å². The number of hydrogen-bond donors (Lipinski definition) is 1. The Morgan fingerprint density at radius 1 is 1.04 bits per heavy atom. The molecule has 0 aliphatic rings. The molecule has 0 atom stereocenters. The number of aromatic nitrogens is 2. The molecule has 0 unspecified atom stereocenters. The molecule has 0 amide bonds. The number of halogens is 2. The van der Waals surface area contributed by atoms with Crippen LogP contribution in [0.5, 0.6) is 5.75 Å². The van der Waals surface area contributed by atoms with Gasteiger partial charge in [0.25, 0.3) is 0 Å². The monoisotopic (exact) mass is 336 g/mol. The first-order valence-corrected chi connectivity index (χ1v) is 7.12. The fourth-order valence-corrected chi connectivity index (χ4v) is 2.20. The Kier molecular flexibility index (Phi) is 4.44. The van der Waals surface area contributed by atoms with Crippen molar-refractivity contribution < 1.29 is 13.9 Å². The summed E-state index contributed by atoms with van der Waals surface area (Å²) in [7, 11) is 0. The summed E-state index contributed by atoms with van der Waals surface area (Å²) in [5.74, 6) is -2.32. The quantitative estimate of drug-likeness (QED) is 0.738. The standard InChI is InChI=1S/C18H10F2N4O/c19-14-2-1-12(9-15(14)20)24-16(10-21)13-5-8-23-17(18(13)25)11-3-6-22-7-4-11/h1-9,25H. The van der Waals surface area contributed by atoms with Crippen LogP contribution in [-0.4, -0.2) is 20.8 Å². The fourth-order valence-electron chi connectivity index (χ4n) is 2.20. The van der Waals surface area contributed by atoms with Crippen molar-refractivity contribution in [2.24, 2.45) is 4.99 Å². The van der Waals surface area contributed by atoms with E-state index in [2.05, 4.69) is 15.0 Å². The molecule has 122 valence electrons. The van der Waals surface area contributed by atoms with Crippen molar-refractivity contribution in [1.29, 1.82) is 5.26 Å². The van der Waals surface area contributed by atoms with Gasteiger partial charge in [-0.3, -0.25) is 9.97 Å². The summed E-state index contributed by atoms with van der Waals surface area (Å²) in [6.07, 6.45) is 4.51. The molecule has 1 N–H and O–H groups in total. The average molecular weight is 336 g/mol. The van der Waals surface area contributed by atoms with Gasteiger partial charge >= 0.3 is 0 Å². The average Bonchev–Trinajstić information content (AvgIpc) is 2.64. The molecule has 2 heterocycles. The van der Waals surface area contributed by atoms with Gasteiger partial charge in [0.2, 0.25) is 0 Å². The van der Waals surface area contributed by atoms with E-state index in [1.165, 1.54) is 18.3 Å². The maximum Gasteiger partial charge on any atom is 0.160 e. The highest BCUT2D eigenvalue weighted by Crippen LogP contribution is 2.30. The molecule has 0 fully saturated rings. The van der Waals surface area contributed by atoms with Gasteiger partial charge in [0.15, 0.2) is 23.1 Å². The molecule has 0 spiro atoms. The van der Waals surface area contributed by atoms with Gasteiger partial charge in [-0.25, -0.2) is 13.8 Å². The van der Waals surface area contributed by atoms with Crippen molar-refractivity contribution in [3.8, 4) is 23.1 Å². The van der Waals surface area contributed by atoms with Crippen molar-refractivity contribution in [2.45, 2.75) is 0 Å². The number of pyridine rings is 2. The molecule has 0 aliphatic carbocycles. The van der Waals surface area contributed by atoms with Gasteiger partial charge in [-0.1, -0.05) is 0 Å². The number of nitriles is 1. The number of nitrogens with zero attached hydrogens (tertiary/aromatic N) is 4. The van der Waals surface area contributed by atoms with Crippen molar-refractivity contribution in [3.05, 3.63) is 72.2 Å². The normalized spacial score (nSPS) is 11.2. The third-order valence-electron chi connectivity index (χ3n) is 3.38. The van der Waals surface area contributed by atoms with Crippen LogP contribution in [0.2, 0.25) is 0 Å². The highest BCUT2D eigenvalue weighted by Gasteiger charge is 2.15. The Bertz CT molecular complexity index is 998. The number of aliphatic imine (C=N–C) groups is 1. The summed E-state index contributed by atoms with van der Waals surface area (Å²) in [5.41, 5.74) is 0.903. The molecule has 0 aliphatic heterocycles. The second-order valence-corrected chi connectivity index (χ2v) is 4.96. The van der Waals surface area contributed by atoms with Gasteiger partial charge in [-0.05, 0) is 30.3 Å². The topological polar surface area (TPSA) is 82.2 Å². The second kappa shape index (κ2) is 6.84. The summed E-state index contributed by atoms with van der Waals surface area (Å²) >= 11 is 0. The van der Waals surface area contributed by atoms with Crippen molar-refractivity contribution in [3.63, 3.8) is 0 Å². The largest absolute Gasteiger partial charge is 0.505 e. The Labute approximate surface area is 141 Å². The van der Waals surface area contributed by atoms with Crippen LogP contribution in [0, 0.1) is 23.0 Å². The predicted molar refractivity (Wildman–Crippen MR) is 87.3 cm³/mol. The molecule has 7 heteroatoms. The Balaban J connectivity index is 2.09. The number of benzene rings is 1. The van der Waals surface area contributed by atoms with Crippen LogP contribution in [0.25, 0.3) is 11.3 Å². The minimum atomic E-state index is -1.07. The zero-order valence-corrected chi connectivity index (χ0v) is 12.7. The SMILES string of the molecule is N#CC(=Nc1ccc(F)c(F)c1)c1ccnc(-c2ccncc2)c1O. The third-order valence-corrected chi connectivity index (χ3v) is 3.38. The van der Waals surface area contributed by atoms with Crippen LogP contribution in [0.4, 0.5) is 14.5 Å². The van der Waals surface area contributed by atoms with Crippen LogP contribution in [0.1, 0.15) is 5.56 Å². The lowest BCUT2D eigenvalue weighted by Gasteiger charge is -2.08. The highest BCUT2D eigenvalue weighted by atomic mass is 19.2. The minimum Gasteiger partial charge on any atom is -0.505 e. The molecule has 5 nitrogen and oxygen atoms in total. The summed E-state index contributed by atoms with van der Waals surface area (Å²) in [5, 5.41) is 19.8. The summed E-state index contributed by atoms with van der Waals surface area (Å²) < 4.78 is 26.3. The van der Waals surface area contributed by atoms with Gasteiger partial charge < -0.3 is 5.11 Å². The highest BCUT2D eigenvalue weighted by molar-refractivity contribution is 6.15. The third kappa shape index (κ3) is 3.33. The molecule has 0 radical (unpaired) electrons. The first kappa shape index (κ1) is 16.2. The van der Waals surface area contributed by atoms with Gasteiger partial charge in [0, 0.05) is 30.2 Å². The van der Waals surface area contributed by atoms with Crippen LogP contribution in [-0.2, 0) is 0 Å². The van der Waals surface area contributed by atoms with E-state index >= 15 is 0 Å². The molecule has 0 saturated heterocycles. The number of rotatable bonds is 3. The molecular weight excluding hydrogens is 326 g/mol. The van der Waals surface area contributed by atoms with E-state index in [0.717, 1.165) is 12.1 Å². The van der Waals surface area contributed by atoms with Crippen LogP contribution >= 0.6 is 0 Å². The van der Waals surface area contributed by atoms with E-state index in [1.54, 1.807) is 24.5 Å². The molecule has 2 aromatic heterocycles. The maximum absolute atomic E-state index is 13.3. The van der Waals surface area contributed by atoms with E-state index < -0.39 is 11.6 Å². The molecule has 25 heavy (non-hydrogen) atoms. The first-order valence-electron chi connectivity index (χ1n) is 7.12. The Morgan fingerprint density at radius 3 is 2.48 bits per heavy atom. The summed E-state index contributed by atoms with van der Waals surface area (Å²) in [4.78, 5) is 12.0. The van der Waals surface area contributed by atoms with E-state index in [9.17, 15) is 19.1 Å². The van der Waals surface area contributed by atoms with E-state index in [-0.39, 0.29) is 28.4 Å².